The van der Waals surface area contributed by atoms with E-state index in [4.69, 9.17) is 5.73 Å². The summed E-state index contributed by atoms with van der Waals surface area (Å²) < 4.78 is 26.7. The Balaban J connectivity index is 1.87. The standard InChI is InChI=1S/C11H11N5O3S/c12-9-3-5-15(14-9)6-7-16-11(17)8-2-1-4-13-10(8)20(16,18)19/h1-5H,6-7H2,(H2,12,14). The number of carbonyl (C=O) groups is 1. The van der Waals surface area contributed by atoms with E-state index in [0.29, 0.717) is 5.82 Å². The quantitative estimate of drug-likeness (QED) is 0.832. The van der Waals surface area contributed by atoms with Gasteiger partial charge in [-0.3, -0.25) is 9.48 Å². The molecule has 0 saturated heterocycles. The lowest BCUT2D eigenvalue weighted by Gasteiger charge is -2.14. The fraction of sp³-hybridized carbons (Fsp3) is 0.182. The predicted molar refractivity (Wildman–Crippen MR) is 69.1 cm³/mol. The van der Waals surface area contributed by atoms with E-state index in [-0.39, 0.29) is 23.7 Å². The zero-order valence-electron chi connectivity index (χ0n) is 10.3. The highest BCUT2D eigenvalue weighted by atomic mass is 32.2. The van der Waals surface area contributed by atoms with Gasteiger partial charge in [-0.2, -0.15) is 13.5 Å². The Bertz CT molecular complexity index is 783. The number of hydrogen-bond donors (Lipinski definition) is 1. The number of hydrogen-bond acceptors (Lipinski definition) is 6. The molecule has 9 heteroatoms. The van der Waals surface area contributed by atoms with Gasteiger partial charge in [-0.15, -0.1) is 0 Å². The van der Waals surface area contributed by atoms with Crippen molar-refractivity contribution in [3.8, 4) is 0 Å². The number of fused-ring (bicyclic) bond motifs is 1. The number of nitrogens with zero attached hydrogens (tertiary/aromatic N) is 4. The zero-order chi connectivity index (χ0) is 14.3. The van der Waals surface area contributed by atoms with Crippen molar-refractivity contribution in [1.29, 1.82) is 0 Å². The van der Waals surface area contributed by atoms with Crippen molar-refractivity contribution in [1.82, 2.24) is 19.1 Å². The third kappa shape index (κ3) is 1.83. The number of nitrogens with two attached hydrogens (primary N) is 1. The molecule has 1 aliphatic heterocycles. The van der Waals surface area contributed by atoms with Gasteiger partial charge in [0, 0.05) is 12.4 Å². The minimum absolute atomic E-state index is 0.0152. The van der Waals surface area contributed by atoms with E-state index in [1.54, 1.807) is 12.3 Å². The fourth-order valence-corrected chi connectivity index (χ4v) is 3.50. The van der Waals surface area contributed by atoms with Crippen molar-refractivity contribution in [2.45, 2.75) is 11.6 Å². The van der Waals surface area contributed by atoms with Crippen LogP contribution in [0.4, 0.5) is 5.82 Å². The van der Waals surface area contributed by atoms with Crippen LogP contribution in [0.3, 0.4) is 0 Å². The van der Waals surface area contributed by atoms with Crippen molar-refractivity contribution in [2.24, 2.45) is 0 Å². The molecule has 0 aliphatic carbocycles. The summed E-state index contributed by atoms with van der Waals surface area (Å²) >= 11 is 0. The number of rotatable bonds is 3. The zero-order valence-corrected chi connectivity index (χ0v) is 11.1. The van der Waals surface area contributed by atoms with Gasteiger partial charge in [0.15, 0.2) is 5.03 Å². The first kappa shape index (κ1) is 12.6. The fourth-order valence-electron chi connectivity index (χ4n) is 2.02. The molecular formula is C11H11N5O3S. The number of nitrogen functional groups attached to an aromatic ring is 1. The van der Waals surface area contributed by atoms with Crippen LogP contribution in [0.5, 0.6) is 0 Å². The molecule has 104 valence electrons. The topological polar surface area (TPSA) is 111 Å². The molecule has 0 unspecified atom stereocenters. The summed E-state index contributed by atoms with van der Waals surface area (Å²) in [5.74, 6) is -0.223. The lowest BCUT2D eigenvalue weighted by molar-refractivity contribution is 0.0867. The third-order valence-electron chi connectivity index (χ3n) is 2.96. The molecule has 2 aromatic rings. The number of anilines is 1. The van der Waals surface area contributed by atoms with Gasteiger partial charge >= 0.3 is 0 Å². The van der Waals surface area contributed by atoms with Gasteiger partial charge in [-0.05, 0) is 18.2 Å². The van der Waals surface area contributed by atoms with E-state index in [1.165, 1.54) is 23.0 Å². The highest BCUT2D eigenvalue weighted by Crippen LogP contribution is 2.27. The van der Waals surface area contributed by atoms with E-state index in [2.05, 4.69) is 10.1 Å². The lowest BCUT2D eigenvalue weighted by atomic mass is 10.3. The normalized spacial score (nSPS) is 16.4. The molecule has 0 aromatic carbocycles. The van der Waals surface area contributed by atoms with Crippen LogP contribution in [0.15, 0.2) is 35.6 Å². The van der Waals surface area contributed by atoms with Crippen molar-refractivity contribution in [3.05, 3.63) is 36.2 Å². The summed E-state index contributed by atoms with van der Waals surface area (Å²) in [6.45, 7) is 0.217. The highest BCUT2D eigenvalue weighted by molar-refractivity contribution is 7.90. The predicted octanol–water partition coefficient (Wildman–Crippen LogP) is -0.295. The summed E-state index contributed by atoms with van der Waals surface area (Å²) in [5.41, 5.74) is 5.58. The van der Waals surface area contributed by atoms with Crippen LogP contribution in [0, 0.1) is 0 Å². The Morgan fingerprint density at radius 3 is 2.70 bits per heavy atom. The Morgan fingerprint density at radius 2 is 2.05 bits per heavy atom. The monoisotopic (exact) mass is 293 g/mol. The highest BCUT2D eigenvalue weighted by Gasteiger charge is 2.42. The van der Waals surface area contributed by atoms with Gasteiger partial charge < -0.3 is 5.73 Å². The number of aromatic nitrogens is 3. The molecule has 2 aromatic heterocycles. The molecule has 0 spiro atoms. The van der Waals surface area contributed by atoms with Crippen LogP contribution in [0.2, 0.25) is 0 Å². The summed E-state index contributed by atoms with van der Waals surface area (Å²) in [4.78, 5) is 15.9. The molecule has 0 atom stereocenters. The average molecular weight is 293 g/mol. The first-order chi connectivity index (χ1) is 9.50. The first-order valence-corrected chi connectivity index (χ1v) is 7.25. The molecule has 1 amide bonds. The molecule has 2 N–H and O–H groups in total. The average Bonchev–Trinajstić information content (AvgIpc) is 2.91. The molecule has 1 aliphatic rings. The van der Waals surface area contributed by atoms with E-state index in [9.17, 15) is 13.2 Å². The van der Waals surface area contributed by atoms with Gasteiger partial charge in [0.05, 0.1) is 18.7 Å². The Kier molecular flexibility index (Phi) is 2.71. The first-order valence-electron chi connectivity index (χ1n) is 5.81. The van der Waals surface area contributed by atoms with Gasteiger partial charge in [-0.25, -0.2) is 9.29 Å². The Hall–Kier alpha value is -2.42. The minimum atomic E-state index is -3.86. The van der Waals surface area contributed by atoms with Crippen LogP contribution in [-0.2, 0) is 16.6 Å². The summed E-state index contributed by atoms with van der Waals surface area (Å²) in [7, 11) is -3.86. The summed E-state index contributed by atoms with van der Waals surface area (Å²) in [5, 5.41) is 3.75. The van der Waals surface area contributed by atoms with Crippen LogP contribution in [-0.4, -0.2) is 39.9 Å². The van der Waals surface area contributed by atoms with Gasteiger partial charge in [0.2, 0.25) is 0 Å². The van der Waals surface area contributed by atoms with Crippen molar-refractivity contribution >= 4 is 21.7 Å². The maximum Gasteiger partial charge on any atom is 0.285 e. The molecule has 20 heavy (non-hydrogen) atoms. The molecule has 0 radical (unpaired) electrons. The van der Waals surface area contributed by atoms with Gasteiger partial charge in [0.1, 0.15) is 5.82 Å². The molecule has 0 saturated carbocycles. The smallest absolute Gasteiger partial charge is 0.285 e. The number of carbonyl (C=O) groups excluding carboxylic acids is 1. The van der Waals surface area contributed by atoms with E-state index >= 15 is 0 Å². The van der Waals surface area contributed by atoms with Crippen molar-refractivity contribution in [2.75, 3.05) is 12.3 Å². The van der Waals surface area contributed by atoms with Crippen LogP contribution >= 0.6 is 0 Å². The number of amides is 1. The largest absolute Gasteiger partial charge is 0.382 e. The second-order valence-corrected chi connectivity index (χ2v) is 6.02. The molecular weight excluding hydrogens is 282 g/mol. The van der Waals surface area contributed by atoms with Gasteiger partial charge in [0.25, 0.3) is 15.9 Å². The maximum absolute atomic E-state index is 12.2. The maximum atomic E-state index is 12.2. The Labute approximate surface area is 114 Å². The molecule has 8 nitrogen and oxygen atoms in total. The lowest BCUT2D eigenvalue weighted by Crippen LogP contribution is -2.33. The second kappa shape index (κ2) is 4.30. The van der Waals surface area contributed by atoms with E-state index < -0.39 is 15.9 Å². The summed E-state index contributed by atoms with van der Waals surface area (Å²) in [6, 6.07) is 4.58. The van der Waals surface area contributed by atoms with Crippen LogP contribution in [0.1, 0.15) is 10.4 Å². The molecule has 3 rings (SSSR count). The number of sulfonamides is 1. The van der Waals surface area contributed by atoms with Gasteiger partial charge in [-0.1, -0.05) is 0 Å². The second-order valence-electron chi connectivity index (χ2n) is 4.24. The van der Waals surface area contributed by atoms with E-state index in [1.807, 2.05) is 0 Å². The summed E-state index contributed by atoms with van der Waals surface area (Å²) in [6.07, 6.45) is 2.97. The van der Waals surface area contributed by atoms with Crippen molar-refractivity contribution in [3.63, 3.8) is 0 Å². The van der Waals surface area contributed by atoms with E-state index in [0.717, 1.165) is 4.31 Å². The molecule has 0 fully saturated rings. The molecule has 0 bridgehead atoms. The molecule has 3 heterocycles. The van der Waals surface area contributed by atoms with Crippen molar-refractivity contribution < 1.29 is 13.2 Å². The van der Waals surface area contributed by atoms with Crippen LogP contribution < -0.4 is 5.73 Å². The minimum Gasteiger partial charge on any atom is -0.382 e. The number of pyridine rings is 1. The Morgan fingerprint density at radius 1 is 1.25 bits per heavy atom. The third-order valence-corrected chi connectivity index (χ3v) is 4.70. The van der Waals surface area contributed by atoms with Crippen LogP contribution in [0.25, 0.3) is 0 Å². The SMILES string of the molecule is Nc1ccn(CCN2C(=O)c3cccnc3S2(=O)=O)n1.